The Morgan fingerprint density at radius 1 is 0.684 bits per heavy atom. The highest BCUT2D eigenvalue weighted by Gasteiger charge is 2.01. The van der Waals surface area contributed by atoms with Crippen LogP contribution in [0.25, 0.3) is 11.1 Å². The van der Waals surface area contributed by atoms with Gasteiger partial charge in [0.25, 0.3) is 0 Å². The Morgan fingerprint density at radius 2 is 1.05 bits per heavy atom. The molecule has 0 bridgehead atoms. The van der Waals surface area contributed by atoms with Crippen LogP contribution in [0.15, 0.2) is 67.8 Å². The van der Waals surface area contributed by atoms with Gasteiger partial charge in [0.2, 0.25) is 0 Å². The first-order valence-corrected chi connectivity index (χ1v) is 6.45. The number of hydrogen-bond donors (Lipinski definition) is 0. The van der Waals surface area contributed by atoms with E-state index in [1.807, 2.05) is 44.2 Å². The van der Waals surface area contributed by atoms with Gasteiger partial charge in [0.15, 0.2) is 0 Å². The normalized spacial score (nSPS) is 9.21. The lowest BCUT2D eigenvalue weighted by Crippen LogP contribution is -1.86. The van der Waals surface area contributed by atoms with E-state index in [0.717, 1.165) is 11.1 Å². The quantitative estimate of drug-likeness (QED) is 0.636. The molecular formula is C19H22. The van der Waals surface area contributed by atoms with Crippen molar-refractivity contribution in [2.45, 2.75) is 20.8 Å². The molecule has 98 valence electrons. The molecule has 2 aromatic carbocycles. The molecule has 0 aliphatic carbocycles. The van der Waals surface area contributed by atoms with Gasteiger partial charge >= 0.3 is 0 Å². The SMILES string of the molecule is C=C(C)c1ccccc1C(=C)C.Cc1ccccc1. The molecular weight excluding hydrogens is 228 g/mol. The summed E-state index contributed by atoms with van der Waals surface area (Å²) in [5.41, 5.74) is 5.90. The van der Waals surface area contributed by atoms with Crippen LogP contribution in [-0.4, -0.2) is 0 Å². The molecule has 2 aromatic rings. The predicted octanol–water partition coefficient (Wildman–Crippen LogP) is 5.75. The van der Waals surface area contributed by atoms with Crippen molar-refractivity contribution in [3.8, 4) is 0 Å². The second-order valence-corrected chi connectivity index (χ2v) is 4.76. The summed E-state index contributed by atoms with van der Waals surface area (Å²) in [5.74, 6) is 0. The highest BCUT2D eigenvalue weighted by molar-refractivity contribution is 5.76. The van der Waals surface area contributed by atoms with E-state index in [-0.39, 0.29) is 0 Å². The summed E-state index contributed by atoms with van der Waals surface area (Å²) in [6.45, 7) is 14.0. The van der Waals surface area contributed by atoms with Crippen LogP contribution in [0.5, 0.6) is 0 Å². The average Bonchev–Trinajstić information content (AvgIpc) is 2.40. The summed E-state index contributed by atoms with van der Waals surface area (Å²) in [5, 5.41) is 0. The van der Waals surface area contributed by atoms with Crippen molar-refractivity contribution in [1.29, 1.82) is 0 Å². The van der Waals surface area contributed by atoms with Crippen molar-refractivity contribution < 1.29 is 0 Å². The van der Waals surface area contributed by atoms with E-state index in [1.165, 1.54) is 16.7 Å². The van der Waals surface area contributed by atoms with E-state index in [0.29, 0.717) is 0 Å². The summed E-state index contributed by atoms with van der Waals surface area (Å²) in [7, 11) is 0. The number of allylic oxidation sites excluding steroid dienone is 2. The topological polar surface area (TPSA) is 0 Å². The summed E-state index contributed by atoms with van der Waals surface area (Å²) in [4.78, 5) is 0. The van der Waals surface area contributed by atoms with E-state index in [2.05, 4.69) is 44.3 Å². The molecule has 0 amide bonds. The van der Waals surface area contributed by atoms with Gasteiger partial charge in [-0.1, -0.05) is 84.5 Å². The van der Waals surface area contributed by atoms with Gasteiger partial charge in [-0.2, -0.15) is 0 Å². The Labute approximate surface area is 117 Å². The molecule has 0 unspecified atom stereocenters. The van der Waals surface area contributed by atoms with E-state index < -0.39 is 0 Å². The molecule has 0 aliphatic rings. The molecule has 0 fully saturated rings. The van der Waals surface area contributed by atoms with Crippen LogP contribution in [0.3, 0.4) is 0 Å². The third kappa shape index (κ3) is 4.97. The first kappa shape index (κ1) is 15.0. The van der Waals surface area contributed by atoms with Gasteiger partial charge in [-0.15, -0.1) is 0 Å². The fourth-order valence-electron chi connectivity index (χ4n) is 1.76. The minimum absolute atomic E-state index is 1.09. The maximum atomic E-state index is 3.93. The Morgan fingerprint density at radius 3 is 1.32 bits per heavy atom. The second-order valence-electron chi connectivity index (χ2n) is 4.76. The van der Waals surface area contributed by atoms with Crippen molar-refractivity contribution in [2.24, 2.45) is 0 Å². The van der Waals surface area contributed by atoms with Crippen molar-refractivity contribution in [3.05, 3.63) is 84.4 Å². The first-order chi connectivity index (χ1) is 9.02. The average molecular weight is 250 g/mol. The molecule has 0 spiro atoms. The second kappa shape index (κ2) is 7.38. The molecule has 0 saturated heterocycles. The van der Waals surface area contributed by atoms with Crippen LogP contribution < -0.4 is 0 Å². The van der Waals surface area contributed by atoms with Gasteiger partial charge in [-0.3, -0.25) is 0 Å². The van der Waals surface area contributed by atoms with Gasteiger partial charge in [-0.05, 0) is 31.9 Å². The van der Waals surface area contributed by atoms with Gasteiger partial charge < -0.3 is 0 Å². The van der Waals surface area contributed by atoms with Crippen LogP contribution in [0.4, 0.5) is 0 Å². The van der Waals surface area contributed by atoms with Crippen LogP contribution >= 0.6 is 0 Å². The lowest BCUT2D eigenvalue weighted by atomic mass is 9.98. The molecule has 0 aliphatic heterocycles. The first-order valence-electron chi connectivity index (χ1n) is 6.45. The van der Waals surface area contributed by atoms with Crippen molar-refractivity contribution in [2.75, 3.05) is 0 Å². The lowest BCUT2D eigenvalue weighted by Gasteiger charge is -2.07. The maximum Gasteiger partial charge on any atom is -0.0158 e. The van der Waals surface area contributed by atoms with Crippen LogP contribution in [-0.2, 0) is 0 Å². The van der Waals surface area contributed by atoms with E-state index in [1.54, 1.807) is 0 Å². The number of hydrogen-bond acceptors (Lipinski definition) is 0. The molecule has 0 aromatic heterocycles. The zero-order chi connectivity index (χ0) is 14.3. The summed E-state index contributed by atoms with van der Waals surface area (Å²) in [6.07, 6.45) is 0. The standard InChI is InChI=1S/C12H14.C7H8/c1-9(2)11-7-5-6-8-12(11)10(3)4;1-7-5-3-2-4-6-7/h5-8H,1,3H2,2,4H3;2-6H,1H3. The summed E-state index contributed by atoms with van der Waals surface area (Å²) < 4.78 is 0. The largest absolute Gasteiger partial charge is 0.0955 e. The van der Waals surface area contributed by atoms with E-state index >= 15 is 0 Å². The number of benzene rings is 2. The smallest absolute Gasteiger partial charge is 0.0158 e. The fraction of sp³-hybridized carbons (Fsp3) is 0.158. The zero-order valence-electron chi connectivity index (χ0n) is 12.1. The van der Waals surface area contributed by atoms with Gasteiger partial charge in [0.05, 0.1) is 0 Å². The maximum absolute atomic E-state index is 3.93. The molecule has 0 saturated carbocycles. The zero-order valence-corrected chi connectivity index (χ0v) is 12.1. The molecule has 0 N–H and O–H groups in total. The highest BCUT2D eigenvalue weighted by atomic mass is 14.1. The van der Waals surface area contributed by atoms with Gasteiger partial charge in [0, 0.05) is 0 Å². The van der Waals surface area contributed by atoms with Crippen molar-refractivity contribution in [1.82, 2.24) is 0 Å². The van der Waals surface area contributed by atoms with Crippen LogP contribution in [0.2, 0.25) is 0 Å². The molecule has 0 heterocycles. The predicted molar refractivity (Wildman–Crippen MR) is 87.0 cm³/mol. The third-order valence-corrected chi connectivity index (χ3v) is 2.79. The van der Waals surface area contributed by atoms with Gasteiger partial charge in [0.1, 0.15) is 0 Å². The van der Waals surface area contributed by atoms with Crippen molar-refractivity contribution in [3.63, 3.8) is 0 Å². The van der Waals surface area contributed by atoms with Crippen molar-refractivity contribution >= 4 is 11.1 Å². The van der Waals surface area contributed by atoms with Crippen LogP contribution in [0.1, 0.15) is 30.5 Å². The monoisotopic (exact) mass is 250 g/mol. The minimum Gasteiger partial charge on any atom is -0.0955 e. The van der Waals surface area contributed by atoms with E-state index in [9.17, 15) is 0 Å². The number of rotatable bonds is 2. The molecule has 0 radical (unpaired) electrons. The molecule has 19 heavy (non-hydrogen) atoms. The Bertz CT molecular complexity index is 514. The van der Waals surface area contributed by atoms with Crippen LogP contribution in [0, 0.1) is 6.92 Å². The van der Waals surface area contributed by atoms with Gasteiger partial charge in [-0.25, -0.2) is 0 Å². The highest BCUT2D eigenvalue weighted by Crippen LogP contribution is 2.22. The minimum atomic E-state index is 1.09. The Balaban J connectivity index is 0.000000218. The fourth-order valence-corrected chi connectivity index (χ4v) is 1.76. The lowest BCUT2D eigenvalue weighted by molar-refractivity contribution is 1.48. The molecule has 0 atom stereocenters. The summed E-state index contributed by atoms with van der Waals surface area (Å²) in [6, 6.07) is 18.5. The van der Waals surface area contributed by atoms with E-state index in [4.69, 9.17) is 0 Å². The summed E-state index contributed by atoms with van der Waals surface area (Å²) >= 11 is 0. The third-order valence-electron chi connectivity index (χ3n) is 2.79. The number of aryl methyl sites for hydroxylation is 1. The Hall–Kier alpha value is -2.08. The molecule has 0 nitrogen and oxygen atoms in total. The molecule has 2 rings (SSSR count). The Kier molecular flexibility index (Phi) is 5.81. The molecule has 0 heteroatoms.